The summed E-state index contributed by atoms with van der Waals surface area (Å²) in [7, 11) is 0. The Balaban J connectivity index is 1.43. The van der Waals surface area contributed by atoms with Crippen LogP contribution in [0.5, 0.6) is 0 Å². The van der Waals surface area contributed by atoms with Gasteiger partial charge in [-0.3, -0.25) is 4.79 Å². The zero-order valence-corrected chi connectivity index (χ0v) is 25.3. The third-order valence-corrected chi connectivity index (χ3v) is 10.7. The normalized spacial score (nSPS) is 38.0. The average molecular weight is 566 g/mol. The maximum absolute atomic E-state index is 12.6. The Bertz CT molecular complexity index is 1030. The van der Waals surface area contributed by atoms with Gasteiger partial charge in [0.05, 0.1) is 30.8 Å². The van der Waals surface area contributed by atoms with Crippen LogP contribution in [0.3, 0.4) is 0 Å². The Kier molecular flexibility index (Phi) is 10.4. The summed E-state index contributed by atoms with van der Waals surface area (Å²) in [5, 5.41) is 10.4. The molecule has 0 spiro atoms. The fourth-order valence-electron chi connectivity index (χ4n) is 8.36. The molecule has 0 radical (unpaired) electrons. The van der Waals surface area contributed by atoms with Crippen LogP contribution in [-0.2, 0) is 25.7 Å². The average Bonchev–Trinajstić information content (AvgIpc) is 3.55. The maximum Gasteiger partial charge on any atom is 0.310 e. The van der Waals surface area contributed by atoms with Crippen LogP contribution in [0.1, 0.15) is 77.7 Å². The number of carbonyl (C=O) groups excluding carboxylic acids is 1. The van der Waals surface area contributed by atoms with Gasteiger partial charge in [-0.1, -0.05) is 75.6 Å². The first-order valence-electron chi connectivity index (χ1n) is 16.3. The highest BCUT2D eigenvalue weighted by atomic mass is 16.6. The van der Waals surface area contributed by atoms with Gasteiger partial charge in [0.1, 0.15) is 6.29 Å². The summed E-state index contributed by atoms with van der Waals surface area (Å²) < 4.78 is 13.6. The summed E-state index contributed by atoms with van der Waals surface area (Å²) in [6.45, 7) is 10.2. The number of carboxylic acids is 1. The molecule has 1 aromatic carbocycles. The molecule has 6 nitrogen and oxygen atoms in total. The van der Waals surface area contributed by atoms with E-state index in [9.17, 15) is 14.7 Å². The molecule has 226 valence electrons. The van der Waals surface area contributed by atoms with Crippen molar-refractivity contribution in [2.45, 2.75) is 97.1 Å². The van der Waals surface area contributed by atoms with Crippen molar-refractivity contribution in [2.24, 2.45) is 41.4 Å². The van der Waals surface area contributed by atoms with Gasteiger partial charge in [0.2, 0.25) is 0 Å². The number of aldehydes is 1. The van der Waals surface area contributed by atoms with Crippen molar-refractivity contribution >= 4 is 12.3 Å². The van der Waals surface area contributed by atoms with E-state index in [0.717, 1.165) is 57.2 Å². The zero-order chi connectivity index (χ0) is 28.9. The number of carbonyl (C=O) groups is 2. The van der Waals surface area contributed by atoms with Crippen LogP contribution in [0.15, 0.2) is 42.0 Å². The first-order valence-corrected chi connectivity index (χ1v) is 16.3. The standard InChI is InChI=1S/C35H51NO5/c1-23(2)29-16-26(17-30-24(3)12-13-28(30)27(21-37)18-31(29)35(38)39)32-19-33(40-22-25-10-6-4-7-11-25)34(41-32)20-36-14-8-5-9-15-36/h4,6-7,10-11,16,21,23-24,26-28,30-34H,5,8-9,12-15,17-20,22H2,1-3H3,(H,38,39)/b29-16-/t24-,26?,27?,28+,30-,31?,32?,33?,34?/m1/s1. The van der Waals surface area contributed by atoms with Gasteiger partial charge in [-0.15, -0.1) is 0 Å². The van der Waals surface area contributed by atoms with Crippen molar-refractivity contribution in [1.82, 2.24) is 4.90 Å². The number of nitrogens with zero attached hydrogens (tertiary/aromatic N) is 1. The predicted molar refractivity (Wildman–Crippen MR) is 160 cm³/mol. The number of piperidine rings is 1. The number of likely N-dealkylation sites (tertiary alicyclic amines) is 1. The highest BCUT2D eigenvalue weighted by molar-refractivity contribution is 5.74. The van der Waals surface area contributed by atoms with E-state index in [0.29, 0.717) is 24.9 Å². The number of carboxylic acid groups (broad SMARTS) is 1. The van der Waals surface area contributed by atoms with Gasteiger partial charge in [0.15, 0.2) is 0 Å². The number of hydrogen-bond donors (Lipinski definition) is 1. The lowest BCUT2D eigenvalue weighted by Crippen LogP contribution is -2.41. The number of rotatable bonds is 9. The highest BCUT2D eigenvalue weighted by Crippen LogP contribution is 2.49. The first kappa shape index (κ1) is 30.4. The minimum Gasteiger partial charge on any atom is -0.481 e. The summed E-state index contributed by atoms with van der Waals surface area (Å²) >= 11 is 0. The number of ether oxygens (including phenoxy) is 2. The van der Waals surface area contributed by atoms with Crippen molar-refractivity contribution in [3.63, 3.8) is 0 Å². The minimum atomic E-state index is -0.806. The molecule has 2 heterocycles. The quantitative estimate of drug-likeness (QED) is 0.276. The predicted octanol–water partition coefficient (Wildman–Crippen LogP) is 6.39. The van der Waals surface area contributed by atoms with Crippen LogP contribution >= 0.6 is 0 Å². The summed E-state index contributed by atoms with van der Waals surface area (Å²) in [6.07, 6.45) is 11.4. The molecule has 0 bridgehead atoms. The molecule has 6 unspecified atom stereocenters. The molecule has 2 saturated heterocycles. The van der Waals surface area contributed by atoms with E-state index >= 15 is 0 Å². The second kappa shape index (κ2) is 14.0. The van der Waals surface area contributed by atoms with Gasteiger partial charge in [0.25, 0.3) is 0 Å². The van der Waals surface area contributed by atoms with Gasteiger partial charge in [-0.25, -0.2) is 0 Å². The van der Waals surface area contributed by atoms with E-state index in [4.69, 9.17) is 9.47 Å². The van der Waals surface area contributed by atoms with Crippen molar-refractivity contribution < 1.29 is 24.2 Å². The van der Waals surface area contributed by atoms with Crippen molar-refractivity contribution in [3.05, 3.63) is 47.5 Å². The third kappa shape index (κ3) is 7.32. The molecule has 5 rings (SSSR count). The molecule has 0 amide bonds. The molecular formula is C35H51NO5. The molecular weight excluding hydrogens is 514 g/mol. The van der Waals surface area contributed by atoms with Crippen molar-refractivity contribution in [3.8, 4) is 0 Å². The highest BCUT2D eigenvalue weighted by Gasteiger charge is 2.46. The van der Waals surface area contributed by atoms with Gasteiger partial charge < -0.3 is 24.3 Å². The molecule has 2 aliphatic carbocycles. The van der Waals surface area contributed by atoms with Crippen LogP contribution in [-0.4, -0.2) is 60.2 Å². The molecule has 41 heavy (non-hydrogen) atoms. The zero-order valence-electron chi connectivity index (χ0n) is 25.3. The number of aliphatic carboxylic acids is 1. The molecule has 1 saturated carbocycles. The molecule has 0 aromatic heterocycles. The van der Waals surface area contributed by atoms with Crippen molar-refractivity contribution in [2.75, 3.05) is 19.6 Å². The summed E-state index contributed by atoms with van der Waals surface area (Å²) in [4.78, 5) is 27.5. The number of fused-ring (bicyclic) bond motifs is 1. The molecule has 2 aliphatic heterocycles. The minimum absolute atomic E-state index is 0.000123. The van der Waals surface area contributed by atoms with Gasteiger partial charge >= 0.3 is 5.97 Å². The third-order valence-electron chi connectivity index (χ3n) is 10.7. The summed E-state index contributed by atoms with van der Waals surface area (Å²) in [5.74, 6) is -0.247. The van der Waals surface area contributed by atoms with Gasteiger partial charge in [0, 0.05) is 24.8 Å². The Morgan fingerprint density at radius 2 is 1.83 bits per heavy atom. The Labute approximate surface area is 246 Å². The Hall–Kier alpha value is -2.02. The van der Waals surface area contributed by atoms with Crippen LogP contribution in [0.4, 0.5) is 0 Å². The lowest BCUT2D eigenvalue weighted by molar-refractivity contribution is -0.141. The molecule has 9 atom stereocenters. The second-order valence-electron chi connectivity index (χ2n) is 13.7. The molecule has 6 heteroatoms. The smallest absolute Gasteiger partial charge is 0.310 e. The Morgan fingerprint density at radius 1 is 1.07 bits per heavy atom. The fourth-order valence-corrected chi connectivity index (χ4v) is 8.36. The molecule has 1 N–H and O–H groups in total. The SMILES string of the molecule is CC(C)/C1=C/C(C2CC(OCc3ccccc3)C(CN3CCCCC3)O2)C[C@@H]2[C@H](C)CC[C@H]2C(C=O)CC1C(=O)O. The van der Waals surface area contributed by atoms with E-state index in [1.165, 1.54) is 24.8 Å². The van der Waals surface area contributed by atoms with Crippen LogP contribution < -0.4 is 0 Å². The molecule has 3 fully saturated rings. The van der Waals surface area contributed by atoms with Crippen LogP contribution in [0, 0.1) is 41.4 Å². The lowest BCUT2D eigenvalue weighted by Gasteiger charge is -2.32. The van der Waals surface area contributed by atoms with E-state index < -0.39 is 11.9 Å². The van der Waals surface area contributed by atoms with E-state index in [1.54, 1.807) is 0 Å². The van der Waals surface area contributed by atoms with E-state index in [1.807, 2.05) is 6.07 Å². The van der Waals surface area contributed by atoms with Gasteiger partial charge in [-0.2, -0.15) is 0 Å². The first-order chi connectivity index (χ1) is 19.8. The molecule has 1 aromatic rings. The largest absolute Gasteiger partial charge is 0.481 e. The number of benzene rings is 1. The monoisotopic (exact) mass is 565 g/mol. The summed E-state index contributed by atoms with van der Waals surface area (Å²) in [5.41, 5.74) is 2.13. The van der Waals surface area contributed by atoms with E-state index in [2.05, 4.69) is 56.0 Å². The van der Waals surface area contributed by atoms with Gasteiger partial charge in [-0.05, 0) is 74.4 Å². The fraction of sp³-hybridized carbons (Fsp3) is 0.714. The topological polar surface area (TPSA) is 76.1 Å². The summed E-state index contributed by atoms with van der Waals surface area (Å²) in [6, 6.07) is 10.4. The van der Waals surface area contributed by atoms with Crippen LogP contribution in [0.25, 0.3) is 0 Å². The van der Waals surface area contributed by atoms with Crippen molar-refractivity contribution in [1.29, 1.82) is 0 Å². The maximum atomic E-state index is 12.6. The Morgan fingerprint density at radius 3 is 2.51 bits per heavy atom. The molecule has 4 aliphatic rings. The van der Waals surface area contributed by atoms with Crippen LogP contribution in [0.2, 0.25) is 0 Å². The number of hydrogen-bond acceptors (Lipinski definition) is 5. The van der Waals surface area contributed by atoms with E-state index in [-0.39, 0.29) is 42.0 Å². The lowest BCUT2D eigenvalue weighted by atomic mass is 9.74. The second-order valence-corrected chi connectivity index (χ2v) is 13.7.